The van der Waals surface area contributed by atoms with Crippen LogP contribution in [-0.2, 0) is 5.41 Å². The lowest BCUT2D eigenvalue weighted by atomic mass is 9.70. The molecule has 2 aliphatic carbocycles. The molecule has 2 heterocycles. The maximum Gasteiger partial charge on any atom is 0.0727 e. The van der Waals surface area contributed by atoms with E-state index in [0.717, 1.165) is 17.1 Å². The molecule has 2 aromatic heterocycles. The van der Waals surface area contributed by atoms with Crippen molar-refractivity contribution in [3.63, 3.8) is 0 Å². The van der Waals surface area contributed by atoms with Crippen LogP contribution in [-0.4, -0.2) is 0 Å². The van der Waals surface area contributed by atoms with Crippen molar-refractivity contribution in [2.45, 2.75) is 5.41 Å². The third kappa shape index (κ3) is 5.15. The van der Waals surface area contributed by atoms with E-state index in [1.807, 2.05) is 22.7 Å². The fourth-order valence-electron chi connectivity index (χ4n) is 11.4. The second-order valence-corrected chi connectivity index (χ2v) is 19.3. The van der Waals surface area contributed by atoms with E-state index in [2.05, 4.69) is 240 Å². The fraction of sp³-hybridized carbons (Fsp3) is 0.0164. The first kappa shape index (κ1) is 36.7. The highest BCUT2D eigenvalue weighted by atomic mass is 32.1. The molecule has 12 aromatic rings. The van der Waals surface area contributed by atoms with Crippen molar-refractivity contribution >= 4 is 97.1 Å². The van der Waals surface area contributed by atoms with E-state index >= 15 is 0 Å². The topological polar surface area (TPSA) is 6.48 Å². The Bertz CT molecular complexity index is 3860. The summed E-state index contributed by atoms with van der Waals surface area (Å²) in [6.07, 6.45) is 0. The van der Waals surface area contributed by atoms with Gasteiger partial charge in [-0.1, -0.05) is 152 Å². The van der Waals surface area contributed by atoms with Gasteiger partial charge < -0.3 is 9.80 Å². The zero-order valence-corrected chi connectivity index (χ0v) is 36.8. The smallest absolute Gasteiger partial charge is 0.0727 e. The number of hydrogen-bond donors (Lipinski definition) is 0. The van der Waals surface area contributed by atoms with Crippen molar-refractivity contribution in [2.75, 3.05) is 9.80 Å². The SMILES string of the molecule is c1ccc(N(c2ccc3c(c2)C2(c4ccccc4-3)c3ccccc3-c3c(N(c4ccccc4)c4cccc5sc6ccccc6c45)cccc32)c2cccc3sc4ccccc4c23)cc1. The lowest BCUT2D eigenvalue weighted by molar-refractivity contribution is 0.793. The highest BCUT2D eigenvalue weighted by molar-refractivity contribution is 7.26. The van der Waals surface area contributed by atoms with Crippen LogP contribution >= 0.6 is 22.7 Å². The molecular formula is C61H38N2S2. The second kappa shape index (κ2) is 14.1. The Morgan fingerprint density at radius 1 is 0.292 bits per heavy atom. The molecule has 2 aliphatic rings. The van der Waals surface area contributed by atoms with Gasteiger partial charge in [0.15, 0.2) is 0 Å². The maximum atomic E-state index is 2.53. The molecule has 1 spiro atoms. The molecule has 14 rings (SSSR count). The maximum absolute atomic E-state index is 2.53. The normalized spacial score (nSPS) is 14.5. The summed E-state index contributed by atoms with van der Waals surface area (Å²) < 4.78 is 5.17. The number of para-hydroxylation sites is 2. The van der Waals surface area contributed by atoms with Crippen molar-refractivity contribution in [1.82, 2.24) is 0 Å². The van der Waals surface area contributed by atoms with Crippen LogP contribution in [0.15, 0.2) is 231 Å². The Kier molecular flexibility index (Phi) is 7.97. The van der Waals surface area contributed by atoms with Crippen molar-refractivity contribution in [2.24, 2.45) is 0 Å². The van der Waals surface area contributed by atoms with E-state index in [9.17, 15) is 0 Å². The highest BCUT2D eigenvalue weighted by Gasteiger charge is 2.52. The van der Waals surface area contributed by atoms with Crippen LogP contribution < -0.4 is 9.80 Å². The minimum absolute atomic E-state index is 0.573. The molecule has 0 bridgehead atoms. The van der Waals surface area contributed by atoms with Crippen LogP contribution in [0.3, 0.4) is 0 Å². The third-order valence-electron chi connectivity index (χ3n) is 13.8. The van der Waals surface area contributed by atoms with Gasteiger partial charge in [-0.2, -0.15) is 0 Å². The minimum Gasteiger partial charge on any atom is -0.310 e. The van der Waals surface area contributed by atoms with E-state index in [-0.39, 0.29) is 0 Å². The molecule has 304 valence electrons. The summed E-state index contributed by atoms with van der Waals surface area (Å²) in [5.41, 5.74) is 16.7. The molecule has 0 saturated carbocycles. The van der Waals surface area contributed by atoms with Crippen LogP contribution in [0.4, 0.5) is 34.1 Å². The lowest BCUT2D eigenvalue weighted by Crippen LogP contribution is -2.26. The van der Waals surface area contributed by atoms with Gasteiger partial charge in [-0.15, -0.1) is 22.7 Å². The average Bonchev–Trinajstić information content (AvgIpc) is 4.11. The Hall–Kier alpha value is -7.76. The van der Waals surface area contributed by atoms with Gasteiger partial charge in [0.05, 0.1) is 22.5 Å². The van der Waals surface area contributed by atoms with Crippen LogP contribution in [0.1, 0.15) is 22.3 Å². The predicted octanol–water partition coefficient (Wildman–Crippen LogP) is 17.7. The highest BCUT2D eigenvalue weighted by Crippen LogP contribution is 2.65. The van der Waals surface area contributed by atoms with Crippen molar-refractivity contribution in [3.8, 4) is 22.3 Å². The molecule has 0 amide bonds. The van der Waals surface area contributed by atoms with Crippen molar-refractivity contribution in [1.29, 1.82) is 0 Å². The van der Waals surface area contributed by atoms with E-state index in [0.29, 0.717) is 0 Å². The van der Waals surface area contributed by atoms with Gasteiger partial charge in [0.25, 0.3) is 0 Å². The molecule has 4 heteroatoms. The van der Waals surface area contributed by atoms with Gasteiger partial charge in [0.2, 0.25) is 0 Å². The zero-order valence-electron chi connectivity index (χ0n) is 35.2. The van der Waals surface area contributed by atoms with E-state index in [1.54, 1.807) is 0 Å². The fourth-order valence-corrected chi connectivity index (χ4v) is 13.6. The van der Waals surface area contributed by atoms with Crippen LogP contribution in [0.2, 0.25) is 0 Å². The van der Waals surface area contributed by atoms with Gasteiger partial charge in [-0.3, -0.25) is 0 Å². The monoisotopic (exact) mass is 862 g/mol. The number of hydrogen-bond acceptors (Lipinski definition) is 4. The van der Waals surface area contributed by atoms with E-state index in [1.165, 1.54) is 102 Å². The molecule has 0 radical (unpaired) electrons. The summed E-state index contributed by atoms with van der Waals surface area (Å²) in [6, 6.07) is 85.8. The first-order valence-corrected chi connectivity index (χ1v) is 23.9. The lowest BCUT2D eigenvalue weighted by Gasteiger charge is -2.33. The zero-order chi connectivity index (χ0) is 42.6. The molecule has 0 aliphatic heterocycles. The Labute approximate surface area is 385 Å². The largest absolute Gasteiger partial charge is 0.310 e. The first-order valence-electron chi connectivity index (χ1n) is 22.3. The summed E-state index contributed by atoms with van der Waals surface area (Å²) in [4.78, 5) is 5.01. The Morgan fingerprint density at radius 2 is 0.754 bits per heavy atom. The molecule has 2 nitrogen and oxygen atoms in total. The summed E-state index contributed by atoms with van der Waals surface area (Å²) >= 11 is 3.74. The van der Waals surface area contributed by atoms with E-state index < -0.39 is 5.41 Å². The van der Waals surface area contributed by atoms with Gasteiger partial charge in [0, 0.05) is 63.0 Å². The summed E-state index contributed by atoms with van der Waals surface area (Å²) in [5.74, 6) is 0. The van der Waals surface area contributed by atoms with Gasteiger partial charge in [-0.25, -0.2) is 0 Å². The van der Waals surface area contributed by atoms with Gasteiger partial charge in [-0.05, 0) is 118 Å². The molecule has 1 unspecified atom stereocenters. The number of nitrogens with zero attached hydrogens (tertiary/aromatic N) is 2. The number of fused-ring (bicyclic) bond motifs is 16. The average molecular weight is 863 g/mol. The van der Waals surface area contributed by atoms with E-state index in [4.69, 9.17) is 0 Å². The third-order valence-corrected chi connectivity index (χ3v) is 16.1. The quantitative estimate of drug-likeness (QED) is 0.164. The molecule has 0 N–H and O–H groups in total. The second-order valence-electron chi connectivity index (χ2n) is 17.1. The van der Waals surface area contributed by atoms with Crippen LogP contribution in [0.5, 0.6) is 0 Å². The molecular weight excluding hydrogens is 825 g/mol. The molecule has 0 fully saturated rings. The molecule has 65 heavy (non-hydrogen) atoms. The predicted molar refractivity (Wildman–Crippen MR) is 278 cm³/mol. The first-order chi connectivity index (χ1) is 32.3. The number of thiophene rings is 2. The Morgan fingerprint density at radius 3 is 1.42 bits per heavy atom. The summed E-state index contributed by atoms with van der Waals surface area (Å²) in [7, 11) is 0. The molecule has 10 aromatic carbocycles. The standard InChI is InChI=1S/C61H38N2S2/c1-3-18-39(19-4-1)62(52-30-16-34-56-59(52)45-24-9-13-32-54(45)64-56)41-36-37-43-42-22-7-11-26-47(42)61(50(43)38-41)48-27-12-8-23-44(48)58-49(61)28-15-29-51(58)63(40-20-5-2-6-21-40)53-31-17-35-57-60(53)46-25-10-14-33-55(46)65-57/h1-38H. The molecule has 0 saturated heterocycles. The van der Waals surface area contributed by atoms with Gasteiger partial charge >= 0.3 is 0 Å². The van der Waals surface area contributed by atoms with Crippen molar-refractivity contribution in [3.05, 3.63) is 253 Å². The number of rotatable bonds is 6. The van der Waals surface area contributed by atoms with Gasteiger partial charge in [0.1, 0.15) is 0 Å². The van der Waals surface area contributed by atoms with Crippen LogP contribution in [0, 0.1) is 0 Å². The molecule has 1 atom stereocenters. The van der Waals surface area contributed by atoms with Crippen LogP contribution in [0.25, 0.3) is 62.6 Å². The number of benzene rings is 10. The number of anilines is 6. The van der Waals surface area contributed by atoms with Crippen molar-refractivity contribution < 1.29 is 0 Å². The summed E-state index contributed by atoms with van der Waals surface area (Å²) in [6.45, 7) is 0. The minimum atomic E-state index is -0.573. The Balaban J connectivity index is 1.06. The summed E-state index contributed by atoms with van der Waals surface area (Å²) in [5, 5.41) is 5.14.